The van der Waals surface area contributed by atoms with E-state index in [1.54, 1.807) is 6.92 Å². The Bertz CT molecular complexity index is 497. The zero-order valence-electron chi connectivity index (χ0n) is 15.2. The molecular formula is C19H30N2O3. The molecule has 1 aliphatic rings. The van der Waals surface area contributed by atoms with Crippen LogP contribution in [0, 0.1) is 0 Å². The number of carbonyl (C=O) groups excluding carboxylic acids is 2. The molecule has 1 heterocycles. The van der Waals surface area contributed by atoms with Crippen LogP contribution in [0.25, 0.3) is 0 Å². The molecule has 1 aromatic carbocycles. The summed E-state index contributed by atoms with van der Waals surface area (Å²) in [5.41, 5.74) is 1.03. The number of piperazine rings is 1. The predicted octanol–water partition coefficient (Wildman–Crippen LogP) is 2.40. The summed E-state index contributed by atoms with van der Waals surface area (Å²) in [7, 11) is 0. The molecule has 0 aliphatic carbocycles. The third kappa shape index (κ3) is 9.43. The predicted molar refractivity (Wildman–Crippen MR) is 95.7 cm³/mol. The zero-order chi connectivity index (χ0) is 18.0. The van der Waals surface area contributed by atoms with Gasteiger partial charge in [0.15, 0.2) is 0 Å². The molecule has 0 saturated carbocycles. The second-order valence-corrected chi connectivity index (χ2v) is 7.10. The number of ketones is 1. The van der Waals surface area contributed by atoms with Crippen LogP contribution in [-0.4, -0.2) is 48.4 Å². The Labute approximate surface area is 145 Å². The summed E-state index contributed by atoms with van der Waals surface area (Å²) in [6.07, 6.45) is 0.644. The minimum atomic E-state index is -0.318. The highest BCUT2D eigenvalue weighted by atomic mass is 16.5. The second kappa shape index (κ2) is 10.2. The molecule has 24 heavy (non-hydrogen) atoms. The molecule has 1 N–H and O–H groups in total. The minimum Gasteiger partial charge on any atom is -0.462 e. The fourth-order valence-corrected chi connectivity index (χ4v) is 2.51. The van der Waals surface area contributed by atoms with E-state index in [9.17, 15) is 9.59 Å². The number of hydrogen-bond donors (Lipinski definition) is 1. The average Bonchev–Trinajstić information content (AvgIpc) is 2.47. The van der Waals surface area contributed by atoms with E-state index in [0.717, 1.165) is 26.2 Å². The number of hydrogen-bond acceptors (Lipinski definition) is 5. The lowest BCUT2D eigenvalue weighted by Gasteiger charge is -2.33. The molecule has 0 bridgehead atoms. The van der Waals surface area contributed by atoms with Crippen LogP contribution in [0.15, 0.2) is 30.3 Å². The largest absolute Gasteiger partial charge is 0.462 e. The zero-order valence-corrected chi connectivity index (χ0v) is 15.2. The van der Waals surface area contributed by atoms with E-state index in [4.69, 9.17) is 0 Å². The highest BCUT2D eigenvalue weighted by molar-refractivity contribution is 5.76. The summed E-state index contributed by atoms with van der Waals surface area (Å²) >= 11 is 0. The first-order chi connectivity index (χ1) is 11.3. The van der Waals surface area contributed by atoms with Gasteiger partial charge in [0.2, 0.25) is 0 Å². The summed E-state index contributed by atoms with van der Waals surface area (Å²) in [5.74, 6) is 0.268. The van der Waals surface area contributed by atoms with E-state index in [1.165, 1.54) is 5.56 Å². The van der Waals surface area contributed by atoms with Gasteiger partial charge < -0.3 is 10.1 Å². The van der Waals surface area contributed by atoms with Crippen molar-refractivity contribution in [1.29, 1.82) is 0 Å². The van der Waals surface area contributed by atoms with Crippen LogP contribution >= 0.6 is 0 Å². The highest BCUT2D eigenvalue weighted by Crippen LogP contribution is 2.09. The molecule has 0 radical (unpaired) electrons. The lowest BCUT2D eigenvalue weighted by molar-refractivity contribution is -0.138. The van der Waals surface area contributed by atoms with Gasteiger partial charge in [-0.2, -0.15) is 0 Å². The van der Waals surface area contributed by atoms with Gasteiger partial charge in [-0.05, 0) is 33.3 Å². The van der Waals surface area contributed by atoms with Crippen molar-refractivity contribution in [2.45, 2.75) is 52.3 Å². The Morgan fingerprint density at radius 3 is 2.50 bits per heavy atom. The van der Waals surface area contributed by atoms with Crippen LogP contribution in [0.1, 0.15) is 39.7 Å². The fraction of sp³-hybridized carbons (Fsp3) is 0.579. The van der Waals surface area contributed by atoms with E-state index in [2.05, 4.69) is 39.2 Å². The summed E-state index contributed by atoms with van der Waals surface area (Å²) in [6.45, 7) is 11.6. The van der Waals surface area contributed by atoms with Gasteiger partial charge in [-0.25, -0.2) is 0 Å². The number of benzene rings is 1. The summed E-state index contributed by atoms with van der Waals surface area (Å²) in [6, 6.07) is 10.8. The first kappa shape index (κ1) is 20.3. The van der Waals surface area contributed by atoms with Gasteiger partial charge >= 0.3 is 0 Å². The van der Waals surface area contributed by atoms with Gasteiger partial charge in [0.05, 0.1) is 0 Å². The molecule has 1 fully saturated rings. The third-order valence-electron chi connectivity index (χ3n) is 3.52. The maximum atomic E-state index is 11.1. The van der Waals surface area contributed by atoms with Crippen molar-refractivity contribution in [2.24, 2.45) is 0 Å². The van der Waals surface area contributed by atoms with Gasteiger partial charge in [0.25, 0.3) is 6.47 Å². The van der Waals surface area contributed by atoms with Crippen LogP contribution in [0.4, 0.5) is 0 Å². The summed E-state index contributed by atoms with van der Waals surface area (Å²) in [5, 5.41) is 3.40. The third-order valence-corrected chi connectivity index (χ3v) is 3.52. The van der Waals surface area contributed by atoms with Gasteiger partial charge in [-0.3, -0.25) is 14.5 Å². The van der Waals surface area contributed by atoms with Crippen LogP contribution in [0.2, 0.25) is 0 Å². The normalized spacial score (nSPS) is 18.2. The Kier molecular flexibility index (Phi) is 8.65. The number of ether oxygens (including phenoxy) is 1. The van der Waals surface area contributed by atoms with Crippen molar-refractivity contribution in [2.75, 3.05) is 19.6 Å². The molecule has 5 nitrogen and oxygen atoms in total. The number of Topliss-reactive ketones (excluding diaryl/α,β-unsaturated/α-hetero) is 1. The first-order valence-corrected chi connectivity index (χ1v) is 8.40. The van der Waals surface area contributed by atoms with E-state index in [1.807, 2.05) is 26.8 Å². The SMILES string of the molecule is CC(=O)C[C@H]1CN(Cc2ccccc2)CCN1.CC(C)(C)OC=O. The van der Waals surface area contributed by atoms with Gasteiger partial charge in [-0.1, -0.05) is 30.3 Å². The lowest BCUT2D eigenvalue weighted by atomic mass is 10.1. The van der Waals surface area contributed by atoms with Crippen molar-refractivity contribution in [1.82, 2.24) is 10.2 Å². The van der Waals surface area contributed by atoms with Crippen molar-refractivity contribution < 1.29 is 14.3 Å². The highest BCUT2D eigenvalue weighted by Gasteiger charge is 2.20. The Morgan fingerprint density at radius 2 is 2.00 bits per heavy atom. The van der Waals surface area contributed by atoms with Crippen molar-refractivity contribution >= 4 is 12.3 Å². The maximum absolute atomic E-state index is 11.1. The molecule has 0 unspecified atom stereocenters. The number of carbonyl (C=O) groups is 2. The van der Waals surface area contributed by atoms with Crippen LogP contribution < -0.4 is 5.32 Å². The van der Waals surface area contributed by atoms with Gasteiger partial charge in [0.1, 0.15) is 11.4 Å². The second-order valence-electron chi connectivity index (χ2n) is 7.10. The van der Waals surface area contributed by atoms with E-state index in [0.29, 0.717) is 18.9 Å². The standard InChI is InChI=1S/C14H20N2O.C5H10O2/c1-12(17)9-14-11-16(8-7-15-14)10-13-5-3-2-4-6-13;1-5(2,3)7-4-6/h2-6,14-15H,7-11H2,1H3;4H,1-3H3/t14-;/m0./s1. The minimum absolute atomic E-state index is 0.268. The topological polar surface area (TPSA) is 58.6 Å². The van der Waals surface area contributed by atoms with Crippen molar-refractivity contribution in [3.8, 4) is 0 Å². The molecule has 134 valence electrons. The van der Waals surface area contributed by atoms with Crippen molar-refractivity contribution in [3.63, 3.8) is 0 Å². The van der Waals surface area contributed by atoms with Crippen LogP contribution in [-0.2, 0) is 20.9 Å². The van der Waals surface area contributed by atoms with Gasteiger partial charge in [0, 0.05) is 38.6 Å². The van der Waals surface area contributed by atoms with Crippen LogP contribution in [0.3, 0.4) is 0 Å². The van der Waals surface area contributed by atoms with E-state index < -0.39 is 0 Å². The molecule has 0 spiro atoms. The number of nitrogens with one attached hydrogen (secondary N) is 1. The average molecular weight is 334 g/mol. The Morgan fingerprint density at radius 1 is 1.33 bits per heavy atom. The maximum Gasteiger partial charge on any atom is 0.293 e. The molecule has 0 aromatic heterocycles. The molecule has 1 aliphatic heterocycles. The quantitative estimate of drug-likeness (QED) is 0.838. The summed E-state index contributed by atoms with van der Waals surface area (Å²) in [4.78, 5) is 23.1. The molecule has 2 rings (SSSR count). The fourth-order valence-electron chi connectivity index (χ4n) is 2.51. The molecule has 1 saturated heterocycles. The molecule has 1 aromatic rings. The Hall–Kier alpha value is -1.72. The van der Waals surface area contributed by atoms with E-state index >= 15 is 0 Å². The van der Waals surface area contributed by atoms with E-state index in [-0.39, 0.29) is 11.4 Å². The number of rotatable bonds is 5. The van der Waals surface area contributed by atoms with Crippen molar-refractivity contribution in [3.05, 3.63) is 35.9 Å². The number of nitrogens with zero attached hydrogens (tertiary/aromatic N) is 1. The Balaban J connectivity index is 0.000000351. The molecular weight excluding hydrogens is 304 g/mol. The smallest absolute Gasteiger partial charge is 0.293 e. The summed E-state index contributed by atoms with van der Waals surface area (Å²) < 4.78 is 4.55. The monoisotopic (exact) mass is 334 g/mol. The van der Waals surface area contributed by atoms with Gasteiger partial charge in [-0.15, -0.1) is 0 Å². The molecule has 5 heteroatoms. The molecule has 1 atom stereocenters. The molecule has 0 amide bonds. The first-order valence-electron chi connectivity index (χ1n) is 8.40. The lowest BCUT2D eigenvalue weighted by Crippen LogP contribution is -2.50. The van der Waals surface area contributed by atoms with Crippen LogP contribution in [0.5, 0.6) is 0 Å².